The van der Waals surface area contributed by atoms with E-state index in [-0.39, 0.29) is 0 Å². The summed E-state index contributed by atoms with van der Waals surface area (Å²) in [4.78, 5) is 31.6. The number of ether oxygens (including phenoxy) is 2. The van der Waals surface area contributed by atoms with E-state index in [1.165, 1.54) is 25.1 Å². The highest BCUT2D eigenvalue weighted by atomic mass is 16.5. The van der Waals surface area contributed by atoms with Crippen molar-refractivity contribution in [3.8, 4) is 11.6 Å². The van der Waals surface area contributed by atoms with E-state index in [1.807, 2.05) is 19.1 Å². The fraction of sp³-hybridized carbons (Fsp3) is 0.483. The van der Waals surface area contributed by atoms with Crippen molar-refractivity contribution in [2.45, 2.75) is 51.5 Å². The molecule has 3 aromatic rings. The Morgan fingerprint density at radius 2 is 2.00 bits per heavy atom. The zero-order chi connectivity index (χ0) is 28.2. The van der Waals surface area contributed by atoms with Crippen LogP contribution in [0.1, 0.15) is 42.6 Å². The molecular weight excluding hydrogens is 510 g/mol. The van der Waals surface area contributed by atoms with Gasteiger partial charge < -0.3 is 25.2 Å². The quantitative estimate of drug-likeness (QED) is 0.226. The van der Waals surface area contributed by atoms with Gasteiger partial charge in [-0.2, -0.15) is 0 Å². The number of aryl methyl sites for hydroxylation is 3. The molecule has 0 saturated heterocycles. The molecule has 1 aliphatic rings. The van der Waals surface area contributed by atoms with E-state index in [4.69, 9.17) is 14.5 Å². The minimum atomic E-state index is -0.938. The SMILES string of the molecule is COc1cnc(N[C@@H](CCN(CCCCc2ccc3c(n2)NCCC3)CCOc2ccc(C)nc2)C(=O)O)cn1. The molecule has 11 heteroatoms. The third-order valence-corrected chi connectivity index (χ3v) is 6.86. The van der Waals surface area contributed by atoms with Crippen LogP contribution in [0.4, 0.5) is 11.6 Å². The number of carboxylic acids is 1. The molecular formula is C29H39N7O4. The Morgan fingerprint density at radius 3 is 2.75 bits per heavy atom. The van der Waals surface area contributed by atoms with Gasteiger partial charge in [-0.05, 0) is 75.8 Å². The third-order valence-electron chi connectivity index (χ3n) is 6.86. The number of methoxy groups -OCH3 is 1. The number of hydrogen-bond acceptors (Lipinski definition) is 10. The molecule has 1 aliphatic heterocycles. The smallest absolute Gasteiger partial charge is 0.326 e. The number of aromatic nitrogens is 4. The van der Waals surface area contributed by atoms with E-state index < -0.39 is 12.0 Å². The first-order valence-electron chi connectivity index (χ1n) is 13.9. The first-order chi connectivity index (χ1) is 19.5. The zero-order valence-corrected chi connectivity index (χ0v) is 23.3. The Morgan fingerprint density at radius 1 is 1.10 bits per heavy atom. The number of nitrogens with one attached hydrogen (secondary N) is 2. The topological polar surface area (TPSA) is 135 Å². The minimum absolute atomic E-state index is 0.370. The molecule has 0 radical (unpaired) electrons. The molecule has 0 spiro atoms. The highest BCUT2D eigenvalue weighted by molar-refractivity contribution is 5.76. The van der Waals surface area contributed by atoms with E-state index in [9.17, 15) is 9.90 Å². The number of rotatable bonds is 16. The minimum Gasteiger partial charge on any atom is -0.491 e. The first kappa shape index (κ1) is 29.0. The lowest BCUT2D eigenvalue weighted by molar-refractivity contribution is -0.138. The van der Waals surface area contributed by atoms with Gasteiger partial charge >= 0.3 is 5.97 Å². The van der Waals surface area contributed by atoms with E-state index in [0.29, 0.717) is 37.8 Å². The summed E-state index contributed by atoms with van der Waals surface area (Å²) in [5, 5.41) is 16.2. The number of pyridine rings is 2. The Labute approximate surface area is 235 Å². The van der Waals surface area contributed by atoms with Crippen molar-refractivity contribution in [3.63, 3.8) is 0 Å². The predicted molar refractivity (Wildman–Crippen MR) is 153 cm³/mol. The van der Waals surface area contributed by atoms with Gasteiger partial charge in [0.1, 0.15) is 30.0 Å². The second-order valence-electron chi connectivity index (χ2n) is 9.89. The maximum Gasteiger partial charge on any atom is 0.326 e. The summed E-state index contributed by atoms with van der Waals surface area (Å²) in [5.41, 5.74) is 3.34. The van der Waals surface area contributed by atoms with Gasteiger partial charge in [-0.15, -0.1) is 0 Å². The summed E-state index contributed by atoms with van der Waals surface area (Å²) in [5.74, 6) is 1.57. The van der Waals surface area contributed by atoms with Gasteiger partial charge in [0.15, 0.2) is 0 Å². The maximum absolute atomic E-state index is 12.0. The van der Waals surface area contributed by atoms with Crippen LogP contribution in [0.3, 0.4) is 0 Å². The van der Waals surface area contributed by atoms with Crippen molar-refractivity contribution in [3.05, 3.63) is 59.8 Å². The fourth-order valence-corrected chi connectivity index (χ4v) is 4.56. The van der Waals surface area contributed by atoms with Crippen molar-refractivity contribution in [1.82, 2.24) is 24.8 Å². The van der Waals surface area contributed by atoms with Crippen LogP contribution in [0.5, 0.6) is 11.6 Å². The lowest BCUT2D eigenvalue weighted by Gasteiger charge is -2.24. The van der Waals surface area contributed by atoms with Gasteiger partial charge in [-0.3, -0.25) is 9.88 Å². The second-order valence-corrected chi connectivity index (χ2v) is 9.89. The van der Waals surface area contributed by atoms with Gasteiger partial charge in [-0.25, -0.2) is 19.7 Å². The highest BCUT2D eigenvalue weighted by Gasteiger charge is 2.20. The number of anilines is 2. The number of hydrogen-bond donors (Lipinski definition) is 3. The monoisotopic (exact) mass is 549 g/mol. The van der Waals surface area contributed by atoms with Crippen molar-refractivity contribution in [1.29, 1.82) is 0 Å². The largest absolute Gasteiger partial charge is 0.491 e. The fourth-order valence-electron chi connectivity index (χ4n) is 4.56. The summed E-state index contributed by atoms with van der Waals surface area (Å²) in [6, 6.07) is 7.35. The van der Waals surface area contributed by atoms with Crippen LogP contribution >= 0.6 is 0 Å². The molecule has 3 aromatic heterocycles. The molecule has 4 rings (SSSR count). The summed E-state index contributed by atoms with van der Waals surface area (Å²) in [7, 11) is 1.51. The molecule has 3 N–H and O–H groups in total. The van der Waals surface area contributed by atoms with E-state index in [0.717, 1.165) is 68.1 Å². The molecule has 0 aliphatic carbocycles. The van der Waals surface area contributed by atoms with Crippen molar-refractivity contribution >= 4 is 17.6 Å². The van der Waals surface area contributed by atoms with Gasteiger partial charge in [0.25, 0.3) is 0 Å². The third kappa shape index (κ3) is 9.04. The molecule has 214 valence electrons. The standard InChI is InChI=1S/C29H39N7O4/c1-21-8-11-24(18-31-21)40-17-16-36(14-4-3-7-23-10-9-22-6-5-13-30-28(22)34-23)15-12-25(29(37)38)35-26-19-33-27(39-2)20-32-26/h8-11,18-20,25H,3-7,12-17H2,1-2H3,(H,30,34)(H,32,35)(H,37,38)/t25-/m0/s1. The van der Waals surface area contributed by atoms with Crippen molar-refractivity contribution in [2.75, 3.05) is 50.5 Å². The van der Waals surface area contributed by atoms with Crippen LogP contribution in [0.15, 0.2) is 42.9 Å². The predicted octanol–water partition coefficient (Wildman–Crippen LogP) is 3.60. The summed E-state index contributed by atoms with van der Waals surface area (Å²) in [6.07, 6.45) is 10.2. The first-order valence-corrected chi connectivity index (χ1v) is 13.9. The van der Waals surface area contributed by atoms with Crippen LogP contribution < -0.4 is 20.1 Å². The van der Waals surface area contributed by atoms with E-state index in [2.05, 4.69) is 42.6 Å². The molecule has 11 nitrogen and oxygen atoms in total. The lowest BCUT2D eigenvalue weighted by Crippen LogP contribution is -2.37. The number of nitrogens with zero attached hydrogens (tertiary/aromatic N) is 5. The average Bonchev–Trinajstić information content (AvgIpc) is 2.98. The Balaban J connectivity index is 1.30. The molecule has 4 heterocycles. The second kappa shape index (κ2) is 15.0. The van der Waals surface area contributed by atoms with Crippen molar-refractivity contribution < 1.29 is 19.4 Å². The van der Waals surface area contributed by atoms with Gasteiger partial charge in [-0.1, -0.05) is 6.07 Å². The summed E-state index contributed by atoms with van der Waals surface area (Å²) < 4.78 is 10.9. The van der Waals surface area contributed by atoms with E-state index in [1.54, 1.807) is 6.20 Å². The summed E-state index contributed by atoms with van der Waals surface area (Å²) >= 11 is 0. The lowest BCUT2D eigenvalue weighted by atomic mass is 10.1. The maximum atomic E-state index is 12.0. The molecule has 0 amide bonds. The number of fused-ring (bicyclic) bond motifs is 1. The molecule has 0 saturated carbocycles. The molecule has 1 atom stereocenters. The number of unbranched alkanes of at least 4 members (excludes halogenated alkanes) is 1. The summed E-state index contributed by atoms with van der Waals surface area (Å²) in [6.45, 7) is 5.49. The van der Waals surface area contributed by atoms with Crippen LogP contribution in [-0.4, -0.2) is 81.8 Å². The number of carbonyl (C=O) groups is 1. The van der Waals surface area contributed by atoms with Crippen molar-refractivity contribution in [2.24, 2.45) is 0 Å². The normalized spacial score (nSPS) is 13.3. The van der Waals surface area contributed by atoms with E-state index >= 15 is 0 Å². The molecule has 0 unspecified atom stereocenters. The van der Waals surface area contributed by atoms with Gasteiger partial charge in [0, 0.05) is 31.0 Å². The average molecular weight is 550 g/mol. The van der Waals surface area contributed by atoms with Gasteiger partial charge in [0.2, 0.25) is 5.88 Å². The van der Waals surface area contributed by atoms with Gasteiger partial charge in [0.05, 0.1) is 25.7 Å². The molecule has 0 bridgehead atoms. The molecule has 0 aromatic carbocycles. The Hall–Kier alpha value is -3.99. The van der Waals surface area contributed by atoms with Crippen LogP contribution in [0.2, 0.25) is 0 Å². The Bertz CT molecular complexity index is 1210. The molecule has 40 heavy (non-hydrogen) atoms. The number of carboxylic acid groups (broad SMARTS) is 1. The zero-order valence-electron chi connectivity index (χ0n) is 23.3. The Kier molecular flexibility index (Phi) is 10.9. The number of aliphatic carboxylic acids is 1. The molecule has 0 fully saturated rings. The van der Waals surface area contributed by atoms with Crippen LogP contribution in [0.25, 0.3) is 0 Å². The van der Waals surface area contributed by atoms with Crippen LogP contribution in [-0.2, 0) is 17.6 Å². The van der Waals surface area contributed by atoms with Crippen LogP contribution in [0, 0.1) is 6.92 Å². The highest BCUT2D eigenvalue weighted by Crippen LogP contribution is 2.20.